The molecule has 1 aliphatic heterocycles. The molecule has 7 heteroatoms. The highest BCUT2D eigenvalue weighted by Crippen LogP contribution is 2.42. The molecule has 118 valence electrons. The highest BCUT2D eigenvalue weighted by Gasteiger charge is 2.30. The van der Waals surface area contributed by atoms with Gasteiger partial charge in [-0.15, -0.1) is 0 Å². The van der Waals surface area contributed by atoms with E-state index in [9.17, 15) is 4.79 Å². The van der Waals surface area contributed by atoms with Crippen molar-refractivity contribution in [2.75, 3.05) is 13.7 Å². The number of carbonyl (C=O) groups is 1. The van der Waals surface area contributed by atoms with Gasteiger partial charge in [-0.3, -0.25) is 4.79 Å². The number of hydrogen-bond acceptors (Lipinski definition) is 3. The lowest BCUT2D eigenvalue weighted by Gasteiger charge is -2.33. The zero-order valence-electron chi connectivity index (χ0n) is 12.2. The van der Waals surface area contributed by atoms with Crippen LogP contribution in [0.3, 0.4) is 0 Å². The first-order chi connectivity index (χ1) is 10.5. The molecule has 1 atom stereocenters. The Morgan fingerprint density at radius 3 is 2.91 bits per heavy atom. The molecule has 0 saturated heterocycles. The lowest BCUT2D eigenvalue weighted by atomic mass is 9.99. The number of amides is 1. The van der Waals surface area contributed by atoms with Gasteiger partial charge in [0.1, 0.15) is 12.4 Å². The standard InChI is InChI=1S/C15H16Cl2N2O3/c1-7-3-10-8(5-19(7)12(21)6-20)13-11(22-2)4-9(16)14(17)15(13)18-10/h4,7,18,20H,3,5-6H2,1-2H3/t7-/m1/s1. The minimum Gasteiger partial charge on any atom is -0.496 e. The fourth-order valence-electron chi connectivity index (χ4n) is 3.06. The maximum atomic E-state index is 11.9. The number of ether oxygens (including phenoxy) is 1. The van der Waals surface area contributed by atoms with E-state index in [1.54, 1.807) is 18.1 Å². The molecule has 0 unspecified atom stereocenters. The van der Waals surface area contributed by atoms with Crippen molar-refractivity contribution < 1.29 is 14.6 Å². The van der Waals surface area contributed by atoms with Crippen LogP contribution in [0.4, 0.5) is 0 Å². The van der Waals surface area contributed by atoms with Crippen molar-refractivity contribution in [1.82, 2.24) is 9.88 Å². The van der Waals surface area contributed by atoms with Gasteiger partial charge in [-0.25, -0.2) is 0 Å². The molecule has 22 heavy (non-hydrogen) atoms. The molecule has 0 radical (unpaired) electrons. The number of carbonyl (C=O) groups excluding carboxylic acids is 1. The number of aliphatic hydroxyl groups excluding tert-OH is 1. The van der Waals surface area contributed by atoms with E-state index in [1.807, 2.05) is 6.92 Å². The maximum absolute atomic E-state index is 11.9. The van der Waals surface area contributed by atoms with Crippen molar-refractivity contribution in [3.63, 3.8) is 0 Å². The predicted octanol–water partition coefficient (Wildman–Crippen LogP) is 2.75. The molecule has 0 fully saturated rings. The van der Waals surface area contributed by atoms with Gasteiger partial charge in [0.15, 0.2) is 0 Å². The normalized spacial score (nSPS) is 17.7. The molecule has 5 nitrogen and oxygen atoms in total. The van der Waals surface area contributed by atoms with Crippen LogP contribution in [-0.2, 0) is 17.8 Å². The van der Waals surface area contributed by atoms with Gasteiger partial charge >= 0.3 is 0 Å². The third-order valence-corrected chi connectivity index (χ3v) is 4.95. The Morgan fingerprint density at radius 2 is 2.27 bits per heavy atom. The number of benzene rings is 1. The largest absolute Gasteiger partial charge is 0.496 e. The average Bonchev–Trinajstić information content (AvgIpc) is 2.87. The average molecular weight is 343 g/mol. The van der Waals surface area contributed by atoms with Crippen molar-refractivity contribution in [3.05, 3.63) is 27.4 Å². The van der Waals surface area contributed by atoms with Gasteiger partial charge in [0, 0.05) is 41.7 Å². The number of aromatic amines is 1. The van der Waals surface area contributed by atoms with E-state index in [1.165, 1.54) is 0 Å². The van der Waals surface area contributed by atoms with Crippen LogP contribution in [0, 0.1) is 0 Å². The number of methoxy groups -OCH3 is 1. The second-order valence-electron chi connectivity index (χ2n) is 5.44. The van der Waals surface area contributed by atoms with E-state index < -0.39 is 6.61 Å². The Balaban J connectivity index is 2.21. The predicted molar refractivity (Wildman–Crippen MR) is 85.7 cm³/mol. The van der Waals surface area contributed by atoms with Crippen LogP contribution in [0.15, 0.2) is 6.07 Å². The first kappa shape index (κ1) is 15.5. The van der Waals surface area contributed by atoms with Gasteiger partial charge in [0.05, 0.1) is 22.7 Å². The Bertz CT molecular complexity index is 757. The molecule has 1 aromatic carbocycles. The number of hydrogen-bond donors (Lipinski definition) is 2. The number of halogens is 2. The van der Waals surface area contributed by atoms with E-state index >= 15 is 0 Å². The van der Waals surface area contributed by atoms with Crippen molar-refractivity contribution in [3.8, 4) is 5.75 Å². The Kier molecular flexibility index (Phi) is 3.97. The van der Waals surface area contributed by atoms with Crippen LogP contribution >= 0.6 is 23.2 Å². The Labute approximate surface area is 137 Å². The Hall–Kier alpha value is -1.43. The molecular formula is C15H16Cl2N2O3. The van der Waals surface area contributed by atoms with Crippen LogP contribution < -0.4 is 4.74 Å². The van der Waals surface area contributed by atoms with Gasteiger partial charge in [-0.1, -0.05) is 23.2 Å². The molecule has 3 rings (SSSR count). The summed E-state index contributed by atoms with van der Waals surface area (Å²) in [6.45, 7) is 1.86. The van der Waals surface area contributed by atoms with Crippen LogP contribution in [0.5, 0.6) is 5.75 Å². The topological polar surface area (TPSA) is 65.6 Å². The molecule has 2 heterocycles. The maximum Gasteiger partial charge on any atom is 0.248 e. The minimum absolute atomic E-state index is 0.000421. The quantitative estimate of drug-likeness (QED) is 0.881. The molecule has 2 N–H and O–H groups in total. The van der Waals surface area contributed by atoms with Crippen LogP contribution in [-0.4, -0.2) is 40.7 Å². The van der Waals surface area contributed by atoms with E-state index in [4.69, 9.17) is 33.0 Å². The van der Waals surface area contributed by atoms with Crippen molar-refractivity contribution in [1.29, 1.82) is 0 Å². The molecule has 1 aromatic heterocycles. The summed E-state index contributed by atoms with van der Waals surface area (Å²) in [6.07, 6.45) is 0.660. The summed E-state index contributed by atoms with van der Waals surface area (Å²) >= 11 is 12.4. The first-order valence-electron chi connectivity index (χ1n) is 6.93. The smallest absolute Gasteiger partial charge is 0.248 e. The fraction of sp³-hybridized carbons (Fsp3) is 0.400. The molecule has 2 aromatic rings. The van der Waals surface area contributed by atoms with Crippen LogP contribution in [0.25, 0.3) is 10.9 Å². The summed E-state index contributed by atoms with van der Waals surface area (Å²) in [5.41, 5.74) is 2.71. The second kappa shape index (κ2) is 5.65. The number of aliphatic hydroxyl groups is 1. The lowest BCUT2D eigenvalue weighted by Crippen LogP contribution is -2.43. The minimum atomic E-state index is -0.494. The van der Waals surface area contributed by atoms with Crippen LogP contribution in [0.1, 0.15) is 18.2 Å². The summed E-state index contributed by atoms with van der Waals surface area (Å²) in [4.78, 5) is 16.9. The van der Waals surface area contributed by atoms with Crippen molar-refractivity contribution in [2.24, 2.45) is 0 Å². The van der Waals surface area contributed by atoms with E-state index in [0.29, 0.717) is 28.8 Å². The lowest BCUT2D eigenvalue weighted by molar-refractivity contribution is -0.137. The zero-order valence-corrected chi connectivity index (χ0v) is 13.8. The number of rotatable bonds is 2. The van der Waals surface area contributed by atoms with Gasteiger partial charge in [-0.05, 0) is 6.92 Å². The summed E-state index contributed by atoms with van der Waals surface area (Å²) in [6, 6.07) is 1.68. The highest BCUT2D eigenvalue weighted by molar-refractivity contribution is 6.45. The molecule has 0 saturated carbocycles. The van der Waals surface area contributed by atoms with Crippen molar-refractivity contribution in [2.45, 2.75) is 25.9 Å². The Morgan fingerprint density at radius 1 is 1.55 bits per heavy atom. The van der Waals surface area contributed by atoms with E-state index in [-0.39, 0.29) is 11.9 Å². The highest BCUT2D eigenvalue weighted by atomic mass is 35.5. The fourth-order valence-corrected chi connectivity index (χ4v) is 3.45. The van der Waals surface area contributed by atoms with E-state index in [2.05, 4.69) is 4.98 Å². The molecule has 0 aliphatic carbocycles. The summed E-state index contributed by atoms with van der Waals surface area (Å²) in [5.74, 6) is 0.333. The third kappa shape index (κ3) is 2.24. The monoisotopic (exact) mass is 342 g/mol. The molecule has 1 amide bonds. The SMILES string of the molecule is COc1cc(Cl)c(Cl)c2[nH]c3c(c12)CN(C(=O)CO)[C@H](C)C3. The summed E-state index contributed by atoms with van der Waals surface area (Å²) < 4.78 is 5.42. The summed E-state index contributed by atoms with van der Waals surface area (Å²) in [7, 11) is 1.57. The molecule has 0 spiro atoms. The van der Waals surface area contributed by atoms with Gasteiger partial charge in [-0.2, -0.15) is 0 Å². The zero-order chi connectivity index (χ0) is 16.0. The number of fused-ring (bicyclic) bond motifs is 3. The summed E-state index contributed by atoms with van der Waals surface area (Å²) in [5, 5.41) is 10.8. The number of aromatic nitrogens is 1. The van der Waals surface area contributed by atoms with Gasteiger partial charge in [0.25, 0.3) is 0 Å². The molecule has 1 aliphatic rings. The van der Waals surface area contributed by atoms with Gasteiger partial charge < -0.3 is 19.7 Å². The van der Waals surface area contributed by atoms with Crippen molar-refractivity contribution >= 4 is 40.0 Å². The third-order valence-electron chi connectivity index (χ3n) is 4.16. The number of H-pyrrole nitrogens is 1. The first-order valence-corrected chi connectivity index (χ1v) is 7.69. The van der Waals surface area contributed by atoms with Crippen LogP contribution in [0.2, 0.25) is 10.0 Å². The van der Waals surface area contributed by atoms with Gasteiger partial charge in [0.2, 0.25) is 5.91 Å². The molecule has 0 bridgehead atoms. The second-order valence-corrected chi connectivity index (χ2v) is 6.22. The van der Waals surface area contributed by atoms with E-state index in [0.717, 1.165) is 22.2 Å². The number of nitrogens with one attached hydrogen (secondary N) is 1. The number of nitrogens with zero attached hydrogens (tertiary/aromatic N) is 1. The molecular weight excluding hydrogens is 327 g/mol.